The number of carbonyl (C=O) groups is 3. The number of amides is 2. The zero-order valence-electron chi connectivity index (χ0n) is 20.4. The maximum atomic E-state index is 13.0. The average molecular weight is 477 g/mol. The monoisotopic (exact) mass is 476 g/mol. The van der Waals surface area contributed by atoms with E-state index in [4.69, 9.17) is 4.74 Å². The number of piperidine rings is 1. The summed E-state index contributed by atoms with van der Waals surface area (Å²) in [4.78, 5) is 38.5. The minimum absolute atomic E-state index is 0.0250. The lowest BCUT2D eigenvalue weighted by atomic mass is 9.84. The SMILES string of the molecule is C/C(=C\CNC(=O)OCC1c2ccccc2-c2ccccc21)C(=O)N1CC(C)CC(C)C1C(=O)O. The Labute approximate surface area is 205 Å². The number of hydrogen-bond donors (Lipinski definition) is 2. The van der Waals surface area contributed by atoms with Crippen LogP contribution in [-0.4, -0.2) is 53.7 Å². The zero-order valence-corrected chi connectivity index (χ0v) is 20.4. The molecule has 0 aromatic heterocycles. The molecule has 0 bridgehead atoms. The Morgan fingerprint density at radius 3 is 2.26 bits per heavy atom. The number of carbonyl (C=O) groups excluding carboxylic acids is 2. The molecule has 7 nitrogen and oxygen atoms in total. The maximum Gasteiger partial charge on any atom is 0.407 e. The van der Waals surface area contributed by atoms with Crippen LogP contribution in [0.2, 0.25) is 0 Å². The molecule has 2 aromatic rings. The molecular formula is C28H32N2O5. The van der Waals surface area contributed by atoms with Crippen molar-refractivity contribution in [1.29, 1.82) is 0 Å². The number of likely N-dealkylation sites (tertiary alicyclic amines) is 1. The summed E-state index contributed by atoms with van der Waals surface area (Å²) in [5.74, 6) is -1.21. The van der Waals surface area contributed by atoms with E-state index in [1.165, 1.54) is 4.90 Å². The molecule has 1 heterocycles. The van der Waals surface area contributed by atoms with E-state index >= 15 is 0 Å². The van der Waals surface area contributed by atoms with Crippen LogP contribution in [-0.2, 0) is 14.3 Å². The molecule has 35 heavy (non-hydrogen) atoms. The number of ether oxygens (including phenoxy) is 1. The molecule has 1 aliphatic carbocycles. The second-order valence-corrected chi connectivity index (χ2v) is 9.65. The first-order valence-electron chi connectivity index (χ1n) is 12.1. The molecule has 3 atom stereocenters. The highest BCUT2D eigenvalue weighted by Gasteiger charge is 2.39. The van der Waals surface area contributed by atoms with Crippen molar-refractivity contribution in [3.63, 3.8) is 0 Å². The number of alkyl carbamates (subject to hydrolysis) is 1. The Morgan fingerprint density at radius 2 is 1.66 bits per heavy atom. The van der Waals surface area contributed by atoms with Gasteiger partial charge in [-0.25, -0.2) is 9.59 Å². The summed E-state index contributed by atoms with van der Waals surface area (Å²) in [5.41, 5.74) is 5.00. The summed E-state index contributed by atoms with van der Waals surface area (Å²) in [7, 11) is 0. The van der Waals surface area contributed by atoms with Crippen molar-refractivity contribution in [2.75, 3.05) is 19.7 Å². The van der Waals surface area contributed by atoms with Crippen molar-refractivity contribution in [1.82, 2.24) is 10.2 Å². The number of aliphatic carboxylic acids is 1. The molecule has 2 amide bonds. The number of rotatable bonds is 6. The van der Waals surface area contributed by atoms with Crippen LogP contribution >= 0.6 is 0 Å². The van der Waals surface area contributed by atoms with Gasteiger partial charge in [-0.05, 0) is 47.4 Å². The van der Waals surface area contributed by atoms with Crippen molar-refractivity contribution < 1.29 is 24.2 Å². The van der Waals surface area contributed by atoms with Gasteiger partial charge in [-0.3, -0.25) is 4.79 Å². The number of nitrogens with zero attached hydrogens (tertiary/aromatic N) is 1. The van der Waals surface area contributed by atoms with Gasteiger partial charge in [-0.1, -0.05) is 68.5 Å². The summed E-state index contributed by atoms with van der Waals surface area (Å²) in [6.45, 7) is 6.27. The number of carboxylic acids is 1. The second-order valence-electron chi connectivity index (χ2n) is 9.65. The molecule has 0 saturated carbocycles. The lowest BCUT2D eigenvalue weighted by molar-refractivity contribution is -0.154. The van der Waals surface area contributed by atoms with E-state index < -0.39 is 18.1 Å². The Hall–Kier alpha value is -3.61. The van der Waals surface area contributed by atoms with Gasteiger partial charge in [0.1, 0.15) is 12.6 Å². The molecule has 0 radical (unpaired) electrons. The third-order valence-corrected chi connectivity index (χ3v) is 7.01. The first-order valence-corrected chi connectivity index (χ1v) is 12.1. The van der Waals surface area contributed by atoms with Crippen LogP contribution in [0.15, 0.2) is 60.2 Å². The maximum absolute atomic E-state index is 13.0. The molecule has 184 valence electrons. The van der Waals surface area contributed by atoms with Crippen LogP contribution in [0.4, 0.5) is 4.79 Å². The molecule has 0 spiro atoms. The molecule has 1 fully saturated rings. The van der Waals surface area contributed by atoms with E-state index in [0.717, 1.165) is 28.7 Å². The van der Waals surface area contributed by atoms with Crippen LogP contribution in [0.25, 0.3) is 11.1 Å². The molecule has 3 unspecified atom stereocenters. The largest absolute Gasteiger partial charge is 0.480 e. The first-order chi connectivity index (χ1) is 16.8. The quantitative estimate of drug-likeness (QED) is 0.602. The third kappa shape index (κ3) is 5.09. The van der Waals surface area contributed by atoms with Crippen molar-refractivity contribution in [2.24, 2.45) is 11.8 Å². The van der Waals surface area contributed by atoms with Crippen molar-refractivity contribution in [3.8, 4) is 11.1 Å². The van der Waals surface area contributed by atoms with Crippen LogP contribution in [0, 0.1) is 11.8 Å². The summed E-state index contributed by atoms with van der Waals surface area (Å²) in [5, 5.41) is 12.3. The van der Waals surface area contributed by atoms with Crippen LogP contribution in [0.1, 0.15) is 44.2 Å². The Kier molecular flexibility index (Phi) is 7.24. The van der Waals surface area contributed by atoms with Gasteiger partial charge in [0.15, 0.2) is 0 Å². The van der Waals surface area contributed by atoms with Crippen molar-refractivity contribution >= 4 is 18.0 Å². The van der Waals surface area contributed by atoms with Gasteiger partial charge in [0.25, 0.3) is 0 Å². The number of hydrogen-bond acceptors (Lipinski definition) is 4. The highest BCUT2D eigenvalue weighted by molar-refractivity contribution is 5.95. The zero-order chi connectivity index (χ0) is 25.1. The van der Waals surface area contributed by atoms with Gasteiger partial charge in [-0.2, -0.15) is 0 Å². The molecule has 4 rings (SSSR count). The second kappa shape index (κ2) is 10.3. The van der Waals surface area contributed by atoms with E-state index in [1.807, 2.05) is 38.1 Å². The Bertz CT molecular complexity index is 1110. The summed E-state index contributed by atoms with van der Waals surface area (Å²) in [6, 6.07) is 15.4. The lowest BCUT2D eigenvalue weighted by Crippen LogP contribution is -2.54. The molecular weight excluding hydrogens is 444 g/mol. The highest BCUT2D eigenvalue weighted by Crippen LogP contribution is 2.44. The van der Waals surface area contributed by atoms with Gasteiger partial charge in [0, 0.05) is 24.6 Å². The standard InChI is InChI=1S/C28H32N2O5/c1-17-14-19(3)25(27(32)33)30(15-17)26(31)18(2)12-13-29-28(34)35-16-24-22-10-6-4-8-20(22)21-9-5-7-11-23(21)24/h4-12,17,19,24-25H,13-16H2,1-3H3,(H,29,34)(H,32,33)/b18-12+. The van der Waals surface area contributed by atoms with Gasteiger partial charge < -0.3 is 20.1 Å². The topological polar surface area (TPSA) is 95.9 Å². The first kappa shape index (κ1) is 24.5. The Morgan fingerprint density at radius 1 is 1.06 bits per heavy atom. The smallest absolute Gasteiger partial charge is 0.407 e. The molecule has 2 aliphatic rings. The third-order valence-electron chi connectivity index (χ3n) is 7.01. The van der Waals surface area contributed by atoms with Gasteiger partial charge in [0.05, 0.1) is 0 Å². The van der Waals surface area contributed by atoms with E-state index in [0.29, 0.717) is 12.1 Å². The van der Waals surface area contributed by atoms with E-state index in [1.54, 1.807) is 13.0 Å². The number of benzene rings is 2. The predicted molar refractivity (Wildman–Crippen MR) is 133 cm³/mol. The molecule has 7 heteroatoms. The van der Waals surface area contributed by atoms with Gasteiger partial charge >= 0.3 is 12.1 Å². The minimum atomic E-state index is -0.984. The van der Waals surface area contributed by atoms with Gasteiger partial charge in [0.2, 0.25) is 5.91 Å². The summed E-state index contributed by atoms with van der Waals surface area (Å²) >= 11 is 0. The van der Waals surface area contributed by atoms with Crippen LogP contribution in [0.5, 0.6) is 0 Å². The molecule has 1 aliphatic heterocycles. The molecule has 2 N–H and O–H groups in total. The normalized spacial score (nSPS) is 21.7. The number of nitrogens with one attached hydrogen (secondary N) is 1. The number of carboxylic acid groups (broad SMARTS) is 1. The summed E-state index contributed by atoms with van der Waals surface area (Å²) < 4.78 is 5.52. The van der Waals surface area contributed by atoms with E-state index in [9.17, 15) is 19.5 Å². The molecule has 1 saturated heterocycles. The van der Waals surface area contributed by atoms with Crippen LogP contribution < -0.4 is 5.32 Å². The fourth-order valence-electron chi connectivity index (χ4n) is 5.43. The lowest BCUT2D eigenvalue weighted by Gasteiger charge is -2.40. The van der Waals surface area contributed by atoms with Crippen LogP contribution in [0.3, 0.4) is 0 Å². The summed E-state index contributed by atoms with van der Waals surface area (Å²) in [6.07, 6.45) is 1.81. The van der Waals surface area contributed by atoms with E-state index in [2.05, 4.69) is 29.6 Å². The predicted octanol–water partition coefficient (Wildman–Crippen LogP) is 4.43. The Balaban J connectivity index is 1.33. The van der Waals surface area contributed by atoms with E-state index in [-0.39, 0.29) is 36.8 Å². The van der Waals surface area contributed by atoms with Crippen molar-refractivity contribution in [3.05, 3.63) is 71.3 Å². The molecule has 2 aromatic carbocycles. The fourth-order valence-corrected chi connectivity index (χ4v) is 5.43. The van der Waals surface area contributed by atoms with Gasteiger partial charge in [-0.15, -0.1) is 0 Å². The average Bonchev–Trinajstić information content (AvgIpc) is 3.15. The fraction of sp³-hybridized carbons (Fsp3) is 0.393. The number of fused-ring (bicyclic) bond motifs is 3. The minimum Gasteiger partial charge on any atom is -0.480 e. The highest BCUT2D eigenvalue weighted by atomic mass is 16.5. The van der Waals surface area contributed by atoms with Crippen molar-refractivity contribution in [2.45, 2.75) is 39.2 Å².